The number of aliphatic hydroxyl groups is 1. The molecule has 0 saturated carbocycles. The van der Waals surface area contributed by atoms with Gasteiger partial charge in [-0.15, -0.1) is 0 Å². The Morgan fingerprint density at radius 3 is 2.57 bits per heavy atom. The number of fused-ring (bicyclic) bond motifs is 7. The van der Waals surface area contributed by atoms with Crippen LogP contribution in [-0.2, 0) is 23.9 Å². The molecule has 6 atom stereocenters. The summed E-state index contributed by atoms with van der Waals surface area (Å²) in [6.07, 6.45) is 4.47. The molecule has 1 fully saturated rings. The Balaban J connectivity index is 2.46. The third-order valence-electron chi connectivity index (χ3n) is 6.19. The first-order chi connectivity index (χ1) is 16.7. The molecule has 11 heteroatoms. The molecule has 2 aliphatic heterocycles. The lowest BCUT2D eigenvalue weighted by Crippen LogP contribution is -2.58. The Labute approximate surface area is 215 Å². The van der Waals surface area contributed by atoms with Crippen LogP contribution < -0.4 is 16.0 Å². The van der Waals surface area contributed by atoms with Gasteiger partial charge in [0, 0.05) is 11.5 Å². The van der Waals surface area contributed by atoms with E-state index in [0.717, 1.165) is 18.6 Å². The molecular weight excluding hydrogens is 490 g/mol. The van der Waals surface area contributed by atoms with Crippen LogP contribution in [0.3, 0.4) is 0 Å². The van der Waals surface area contributed by atoms with Crippen molar-refractivity contribution in [3.63, 3.8) is 0 Å². The van der Waals surface area contributed by atoms with E-state index in [9.17, 15) is 24.3 Å². The molecule has 2 bridgehead atoms. The van der Waals surface area contributed by atoms with Crippen molar-refractivity contribution in [2.24, 2.45) is 5.92 Å². The van der Waals surface area contributed by atoms with Gasteiger partial charge in [-0.3, -0.25) is 19.2 Å². The van der Waals surface area contributed by atoms with Crippen LogP contribution in [0.4, 0.5) is 0 Å². The zero-order valence-corrected chi connectivity index (χ0v) is 22.4. The van der Waals surface area contributed by atoms with E-state index >= 15 is 0 Å². The highest BCUT2D eigenvalue weighted by Crippen LogP contribution is 2.24. The summed E-state index contributed by atoms with van der Waals surface area (Å²) >= 11 is 0. The monoisotopic (exact) mass is 529 g/mol. The maximum Gasteiger partial charge on any atom is 0.309 e. The number of ether oxygens (including phenoxy) is 1. The summed E-state index contributed by atoms with van der Waals surface area (Å²) in [7, 11) is 3.06. The number of nitrogens with one attached hydrogen (secondary N) is 3. The molecule has 0 aromatic rings. The maximum atomic E-state index is 13.3. The molecule has 0 radical (unpaired) electrons. The van der Waals surface area contributed by atoms with Gasteiger partial charge in [-0.1, -0.05) is 67.7 Å². The fraction of sp³-hybridized carbons (Fsp3) is 0.750. The summed E-state index contributed by atoms with van der Waals surface area (Å²) in [5.41, 5.74) is 0. The number of hydrogen-bond acceptors (Lipinski definition) is 8. The van der Waals surface area contributed by atoms with Gasteiger partial charge < -0.3 is 25.8 Å². The minimum atomic E-state index is -1.17. The second-order valence-electron chi connectivity index (χ2n) is 9.07. The van der Waals surface area contributed by atoms with E-state index in [1.165, 1.54) is 10.8 Å². The van der Waals surface area contributed by atoms with Gasteiger partial charge in [-0.2, -0.15) is 0 Å². The van der Waals surface area contributed by atoms with Crippen molar-refractivity contribution in [2.75, 3.05) is 11.5 Å². The van der Waals surface area contributed by atoms with Gasteiger partial charge in [0.15, 0.2) is 0 Å². The molecule has 3 amide bonds. The van der Waals surface area contributed by atoms with Gasteiger partial charge in [0.05, 0.1) is 25.0 Å². The maximum absolute atomic E-state index is 13.3. The number of hydrogen-bond donors (Lipinski definition) is 4. The quantitative estimate of drug-likeness (QED) is 0.242. The summed E-state index contributed by atoms with van der Waals surface area (Å²) in [5, 5.41) is 19.3. The Morgan fingerprint density at radius 2 is 1.86 bits per heavy atom. The van der Waals surface area contributed by atoms with Gasteiger partial charge in [0.1, 0.15) is 18.2 Å². The number of carbonyl (C=O) groups is 4. The van der Waals surface area contributed by atoms with Crippen LogP contribution in [0.25, 0.3) is 0 Å². The first-order valence-corrected chi connectivity index (χ1v) is 14.9. The lowest BCUT2D eigenvalue weighted by atomic mass is 9.92. The topological polar surface area (TPSA) is 134 Å². The molecule has 35 heavy (non-hydrogen) atoms. The van der Waals surface area contributed by atoms with Crippen LogP contribution in [0.15, 0.2) is 12.2 Å². The first-order valence-electron chi connectivity index (χ1n) is 12.4. The highest BCUT2D eigenvalue weighted by Gasteiger charge is 2.34. The van der Waals surface area contributed by atoms with E-state index < -0.39 is 54.0 Å². The van der Waals surface area contributed by atoms with Crippen molar-refractivity contribution >= 4 is 45.3 Å². The van der Waals surface area contributed by atoms with Crippen molar-refractivity contribution in [3.05, 3.63) is 12.2 Å². The largest absolute Gasteiger partial charge is 0.457 e. The minimum absolute atomic E-state index is 0.120. The van der Waals surface area contributed by atoms with Gasteiger partial charge in [0.2, 0.25) is 17.7 Å². The van der Waals surface area contributed by atoms with Crippen LogP contribution >= 0.6 is 21.6 Å². The Bertz CT molecular complexity index is 766. The number of allylic oxidation sites excluding steroid dienone is 1. The highest BCUT2D eigenvalue weighted by atomic mass is 33.1. The predicted octanol–water partition coefficient (Wildman–Crippen LogP) is 2.08. The van der Waals surface area contributed by atoms with E-state index in [4.69, 9.17) is 4.74 Å². The molecule has 2 rings (SSSR count). The van der Waals surface area contributed by atoms with Crippen molar-refractivity contribution in [1.82, 2.24) is 16.0 Å². The van der Waals surface area contributed by atoms with Crippen LogP contribution in [0.5, 0.6) is 0 Å². The predicted molar refractivity (Wildman–Crippen MR) is 139 cm³/mol. The van der Waals surface area contributed by atoms with Gasteiger partial charge in [0.25, 0.3) is 0 Å². The van der Waals surface area contributed by atoms with Crippen LogP contribution in [0.1, 0.15) is 65.7 Å². The molecule has 1 saturated heterocycles. The second kappa shape index (κ2) is 15.4. The number of carbonyl (C=O) groups excluding carboxylic acids is 4. The van der Waals surface area contributed by atoms with E-state index in [0.29, 0.717) is 25.0 Å². The molecule has 2 heterocycles. The SMILES string of the molecule is CCCC[C@H]1NC(=O)C[C@H]2/C=C/CCSSC[C@@H](NC1=O)C(=O)N[C@H]([C@H](C)CC)[C@@H](O)CC(=O)O2. The average Bonchev–Trinajstić information content (AvgIpc) is 2.81. The van der Waals surface area contributed by atoms with Crippen LogP contribution in [-0.4, -0.2) is 70.6 Å². The molecule has 198 valence electrons. The summed E-state index contributed by atoms with van der Waals surface area (Å²) in [5.74, 6) is -0.959. The van der Waals surface area contributed by atoms with E-state index in [1.54, 1.807) is 16.9 Å². The van der Waals surface area contributed by atoms with Crippen molar-refractivity contribution in [1.29, 1.82) is 0 Å². The molecule has 4 N–H and O–H groups in total. The van der Waals surface area contributed by atoms with Crippen LogP contribution in [0, 0.1) is 5.92 Å². The van der Waals surface area contributed by atoms with Crippen molar-refractivity contribution < 1.29 is 29.0 Å². The van der Waals surface area contributed by atoms with Gasteiger partial charge in [-0.25, -0.2) is 0 Å². The molecule has 0 aromatic carbocycles. The summed E-state index contributed by atoms with van der Waals surface area (Å²) in [6.45, 7) is 5.82. The number of esters is 1. The smallest absolute Gasteiger partial charge is 0.309 e. The van der Waals surface area contributed by atoms with Gasteiger partial charge in [-0.05, 0) is 24.8 Å². The normalized spacial score (nSPS) is 31.5. The zero-order chi connectivity index (χ0) is 25.8. The minimum Gasteiger partial charge on any atom is -0.457 e. The van der Waals surface area contributed by atoms with Crippen molar-refractivity contribution in [3.8, 4) is 0 Å². The molecule has 0 spiro atoms. The van der Waals surface area contributed by atoms with Gasteiger partial charge >= 0.3 is 5.97 Å². The fourth-order valence-corrected chi connectivity index (χ4v) is 6.06. The number of aliphatic hydroxyl groups excluding tert-OH is 1. The zero-order valence-electron chi connectivity index (χ0n) is 20.8. The third kappa shape index (κ3) is 10.0. The molecule has 0 unspecified atom stereocenters. The molecular formula is C24H39N3O6S2. The lowest BCUT2D eigenvalue weighted by molar-refractivity contribution is -0.151. The van der Waals surface area contributed by atoms with E-state index in [-0.39, 0.29) is 18.8 Å². The molecule has 0 aliphatic carbocycles. The highest BCUT2D eigenvalue weighted by molar-refractivity contribution is 8.76. The Kier molecular flexibility index (Phi) is 13.0. The molecule has 2 aliphatic rings. The van der Waals surface area contributed by atoms with Crippen molar-refractivity contribution in [2.45, 2.75) is 96.1 Å². The second-order valence-corrected chi connectivity index (χ2v) is 11.7. The number of unbranched alkanes of at least 4 members (excludes halogenated alkanes) is 1. The Hall–Kier alpha value is -1.72. The lowest BCUT2D eigenvalue weighted by Gasteiger charge is -2.31. The Morgan fingerprint density at radius 1 is 1.09 bits per heavy atom. The van der Waals surface area contributed by atoms with E-state index in [2.05, 4.69) is 16.0 Å². The first kappa shape index (κ1) is 29.5. The standard InChI is InChI=1S/C24H39N3O6S2/c1-4-6-10-17-23(31)26-18-14-35-34-11-8-7-9-16(12-20(29)25-17)33-21(30)13-19(28)22(15(3)5-2)27-24(18)32/h7,9,15-19,22,28H,4-6,8,10-14H2,1-3H3,(H,25,29)(H,26,31)(H,27,32)/b9-7+/t15-,16-,17-,18-,19+,22-/m1/s1. The molecule has 0 aromatic heterocycles. The summed E-state index contributed by atoms with van der Waals surface area (Å²) in [6, 6.07) is -2.35. The molecule has 9 nitrogen and oxygen atoms in total. The summed E-state index contributed by atoms with van der Waals surface area (Å²) < 4.78 is 5.54. The summed E-state index contributed by atoms with van der Waals surface area (Å²) in [4.78, 5) is 51.9. The van der Waals surface area contributed by atoms with Crippen LogP contribution in [0.2, 0.25) is 0 Å². The van der Waals surface area contributed by atoms with E-state index in [1.807, 2.05) is 26.8 Å². The third-order valence-corrected chi connectivity index (χ3v) is 8.64. The number of rotatable bonds is 5. The fourth-order valence-electron chi connectivity index (χ4n) is 3.91. The average molecular weight is 530 g/mol. The number of amides is 3.